The van der Waals surface area contributed by atoms with Crippen LogP contribution in [0, 0.1) is 6.92 Å². The Labute approximate surface area is 108 Å². The molecule has 0 aromatic heterocycles. The summed E-state index contributed by atoms with van der Waals surface area (Å²) < 4.78 is 0. The Bertz CT molecular complexity index is 416. The third-order valence-corrected chi connectivity index (χ3v) is 3.02. The molecule has 0 unspecified atom stereocenters. The van der Waals surface area contributed by atoms with E-state index in [9.17, 15) is 9.90 Å². The van der Waals surface area contributed by atoms with Crippen LogP contribution in [-0.2, 0) is 0 Å². The van der Waals surface area contributed by atoms with Gasteiger partial charge < -0.3 is 15.7 Å². The van der Waals surface area contributed by atoms with Crippen molar-refractivity contribution in [2.75, 3.05) is 13.1 Å². The summed E-state index contributed by atoms with van der Waals surface area (Å²) in [6, 6.07) is 5.14. The molecule has 4 nitrogen and oxygen atoms in total. The molecule has 0 aliphatic carbocycles. The fourth-order valence-electron chi connectivity index (χ4n) is 1.87. The molecular formula is C14H22N2O2. The number of carbonyl (C=O) groups is 1. The van der Waals surface area contributed by atoms with Gasteiger partial charge in [0.2, 0.25) is 0 Å². The fraction of sp³-hybridized carbons (Fsp3) is 0.500. The van der Waals surface area contributed by atoms with Crippen LogP contribution >= 0.6 is 0 Å². The van der Waals surface area contributed by atoms with Crippen LogP contribution in [0.15, 0.2) is 18.2 Å². The lowest BCUT2D eigenvalue weighted by molar-refractivity contribution is 0.0703. The van der Waals surface area contributed by atoms with E-state index in [1.165, 1.54) is 0 Å². The monoisotopic (exact) mass is 250 g/mol. The van der Waals surface area contributed by atoms with E-state index in [-0.39, 0.29) is 17.7 Å². The van der Waals surface area contributed by atoms with Crippen LogP contribution in [-0.4, -0.2) is 35.0 Å². The zero-order valence-electron chi connectivity index (χ0n) is 11.3. The maximum atomic E-state index is 12.4. The van der Waals surface area contributed by atoms with Crippen LogP contribution in [0.4, 0.5) is 0 Å². The quantitative estimate of drug-likeness (QED) is 0.838. The zero-order valence-corrected chi connectivity index (χ0v) is 11.3. The van der Waals surface area contributed by atoms with Gasteiger partial charge in [-0.15, -0.1) is 0 Å². The Balaban J connectivity index is 2.98. The molecule has 1 rings (SSSR count). The van der Waals surface area contributed by atoms with Gasteiger partial charge in [-0.1, -0.05) is 6.07 Å². The predicted molar refractivity (Wildman–Crippen MR) is 72.7 cm³/mol. The second-order valence-electron chi connectivity index (χ2n) is 4.68. The smallest absolute Gasteiger partial charge is 0.254 e. The molecule has 0 aliphatic heterocycles. The number of phenols is 1. The van der Waals surface area contributed by atoms with Gasteiger partial charge in [-0.25, -0.2) is 0 Å². The van der Waals surface area contributed by atoms with Crippen molar-refractivity contribution in [3.8, 4) is 5.75 Å². The lowest BCUT2D eigenvalue weighted by atomic mass is 10.1. The van der Waals surface area contributed by atoms with Crippen molar-refractivity contribution in [1.82, 2.24) is 4.90 Å². The predicted octanol–water partition coefficient (Wildman–Crippen LogP) is 1.90. The van der Waals surface area contributed by atoms with Gasteiger partial charge in [0.1, 0.15) is 5.75 Å². The summed E-state index contributed by atoms with van der Waals surface area (Å²) in [6.45, 7) is 6.92. The molecule has 0 heterocycles. The van der Waals surface area contributed by atoms with E-state index in [0.29, 0.717) is 24.2 Å². The van der Waals surface area contributed by atoms with Crippen molar-refractivity contribution >= 4 is 5.91 Å². The molecule has 0 radical (unpaired) electrons. The number of carbonyl (C=O) groups excluding carboxylic acids is 1. The molecule has 0 aliphatic rings. The van der Waals surface area contributed by atoms with Gasteiger partial charge in [-0.3, -0.25) is 4.79 Å². The number of nitrogens with two attached hydrogens (primary N) is 1. The Kier molecular flexibility index (Phi) is 5.16. The van der Waals surface area contributed by atoms with Gasteiger partial charge >= 0.3 is 0 Å². The average Bonchev–Trinajstić information content (AvgIpc) is 2.32. The molecule has 1 aromatic carbocycles. The lowest BCUT2D eigenvalue weighted by Crippen LogP contribution is -2.38. The second-order valence-corrected chi connectivity index (χ2v) is 4.68. The van der Waals surface area contributed by atoms with Crippen molar-refractivity contribution in [2.24, 2.45) is 5.73 Å². The Hall–Kier alpha value is -1.55. The van der Waals surface area contributed by atoms with Crippen molar-refractivity contribution in [1.29, 1.82) is 0 Å². The molecule has 3 N–H and O–H groups in total. The first-order valence-corrected chi connectivity index (χ1v) is 6.28. The fourth-order valence-corrected chi connectivity index (χ4v) is 1.87. The van der Waals surface area contributed by atoms with Gasteiger partial charge in [-0.2, -0.15) is 0 Å². The summed E-state index contributed by atoms with van der Waals surface area (Å²) >= 11 is 0. The largest absolute Gasteiger partial charge is 0.508 e. The second kappa shape index (κ2) is 6.40. The number of phenolic OH excluding ortho intramolecular Hbond substituents is 1. The number of aromatic hydroxyl groups is 1. The van der Waals surface area contributed by atoms with Crippen LogP contribution in [0.2, 0.25) is 0 Å². The van der Waals surface area contributed by atoms with Crippen molar-refractivity contribution in [3.05, 3.63) is 29.3 Å². The molecular weight excluding hydrogens is 228 g/mol. The Morgan fingerprint density at radius 2 is 2.11 bits per heavy atom. The van der Waals surface area contributed by atoms with E-state index in [0.717, 1.165) is 6.42 Å². The molecule has 1 amide bonds. The molecule has 1 aromatic rings. The van der Waals surface area contributed by atoms with Gasteiger partial charge in [-0.05, 0) is 45.9 Å². The van der Waals surface area contributed by atoms with E-state index < -0.39 is 0 Å². The Morgan fingerprint density at radius 1 is 1.44 bits per heavy atom. The summed E-state index contributed by atoms with van der Waals surface area (Å²) in [5, 5.41) is 9.65. The molecule has 0 saturated heterocycles. The van der Waals surface area contributed by atoms with Crippen LogP contribution in [0.3, 0.4) is 0 Å². The van der Waals surface area contributed by atoms with Crippen LogP contribution < -0.4 is 5.73 Å². The van der Waals surface area contributed by atoms with Crippen LogP contribution in [0.1, 0.15) is 36.2 Å². The normalized spacial score (nSPS) is 10.7. The van der Waals surface area contributed by atoms with Gasteiger partial charge in [0.05, 0.1) is 0 Å². The minimum absolute atomic E-state index is 0.0492. The molecule has 100 valence electrons. The molecule has 0 bridgehead atoms. The summed E-state index contributed by atoms with van der Waals surface area (Å²) in [4.78, 5) is 14.2. The minimum atomic E-state index is -0.0492. The highest BCUT2D eigenvalue weighted by atomic mass is 16.3. The summed E-state index contributed by atoms with van der Waals surface area (Å²) in [5.74, 6) is 0.107. The molecule has 0 spiro atoms. The van der Waals surface area contributed by atoms with E-state index >= 15 is 0 Å². The number of rotatable bonds is 5. The van der Waals surface area contributed by atoms with E-state index in [1.54, 1.807) is 30.0 Å². The lowest BCUT2D eigenvalue weighted by Gasteiger charge is -2.27. The maximum absolute atomic E-state index is 12.4. The molecule has 0 fully saturated rings. The number of hydrogen-bond donors (Lipinski definition) is 2. The van der Waals surface area contributed by atoms with Crippen molar-refractivity contribution in [3.63, 3.8) is 0 Å². The number of nitrogens with zero attached hydrogens (tertiary/aromatic N) is 1. The highest BCUT2D eigenvalue weighted by molar-refractivity contribution is 5.96. The summed E-state index contributed by atoms with van der Waals surface area (Å²) in [6.07, 6.45) is 0.780. The van der Waals surface area contributed by atoms with Crippen molar-refractivity contribution < 1.29 is 9.90 Å². The standard InChI is InChI=1S/C14H22N2O2/c1-10(2)16(9-5-8-15)14(18)12-6-4-7-13(17)11(12)3/h4,6-7,10,17H,5,8-9,15H2,1-3H3. The van der Waals surface area contributed by atoms with E-state index in [1.807, 2.05) is 13.8 Å². The van der Waals surface area contributed by atoms with Crippen LogP contribution in [0.5, 0.6) is 5.75 Å². The third kappa shape index (κ3) is 3.23. The average molecular weight is 250 g/mol. The highest BCUT2D eigenvalue weighted by Crippen LogP contribution is 2.21. The number of amides is 1. The van der Waals surface area contributed by atoms with Crippen LogP contribution in [0.25, 0.3) is 0 Å². The first-order valence-electron chi connectivity index (χ1n) is 6.28. The summed E-state index contributed by atoms with van der Waals surface area (Å²) in [7, 11) is 0. The topological polar surface area (TPSA) is 66.6 Å². The first-order chi connectivity index (χ1) is 8.49. The van der Waals surface area contributed by atoms with E-state index in [2.05, 4.69) is 0 Å². The molecule has 18 heavy (non-hydrogen) atoms. The molecule has 0 atom stereocenters. The van der Waals surface area contributed by atoms with Crippen molar-refractivity contribution in [2.45, 2.75) is 33.2 Å². The highest BCUT2D eigenvalue weighted by Gasteiger charge is 2.20. The third-order valence-electron chi connectivity index (χ3n) is 3.02. The first kappa shape index (κ1) is 14.5. The Morgan fingerprint density at radius 3 is 2.67 bits per heavy atom. The molecule has 0 saturated carbocycles. The van der Waals surface area contributed by atoms with E-state index in [4.69, 9.17) is 5.73 Å². The number of benzene rings is 1. The van der Waals surface area contributed by atoms with Gasteiger partial charge in [0, 0.05) is 23.7 Å². The van der Waals surface area contributed by atoms with Gasteiger partial charge in [0.15, 0.2) is 0 Å². The molecule has 4 heteroatoms. The minimum Gasteiger partial charge on any atom is -0.508 e. The zero-order chi connectivity index (χ0) is 13.7. The van der Waals surface area contributed by atoms with Gasteiger partial charge in [0.25, 0.3) is 5.91 Å². The maximum Gasteiger partial charge on any atom is 0.254 e. The SMILES string of the molecule is Cc1c(O)cccc1C(=O)N(CCCN)C(C)C. The summed E-state index contributed by atoms with van der Waals surface area (Å²) in [5.41, 5.74) is 6.67. The number of hydrogen-bond acceptors (Lipinski definition) is 3.